The number of ether oxygens (including phenoxy) is 1. The van der Waals surface area contributed by atoms with Crippen LogP contribution in [-0.2, 0) is 17.9 Å². The van der Waals surface area contributed by atoms with Crippen LogP contribution in [0.2, 0.25) is 25.7 Å². The number of ketones is 1. The summed E-state index contributed by atoms with van der Waals surface area (Å²) in [5.74, 6) is -0.349. The molecule has 1 aromatic carbocycles. The molecule has 1 aliphatic heterocycles. The van der Waals surface area contributed by atoms with Crippen LogP contribution < -0.4 is 4.90 Å². The molecule has 0 radical (unpaired) electrons. The van der Waals surface area contributed by atoms with Crippen LogP contribution in [-0.4, -0.2) is 43.1 Å². The molecular formula is C26H29FN4O2SSi. The van der Waals surface area contributed by atoms with Crippen LogP contribution in [0.3, 0.4) is 0 Å². The first-order chi connectivity index (χ1) is 16.7. The minimum atomic E-state index is -1.24. The van der Waals surface area contributed by atoms with Gasteiger partial charge in [0.2, 0.25) is 5.78 Å². The molecule has 0 spiro atoms. The van der Waals surface area contributed by atoms with Crippen molar-refractivity contribution in [2.75, 3.05) is 24.6 Å². The third-order valence-electron chi connectivity index (χ3n) is 5.90. The van der Waals surface area contributed by atoms with Crippen molar-refractivity contribution >= 4 is 30.9 Å². The highest BCUT2D eigenvalue weighted by Gasteiger charge is 2.26. The zero-order valence-electron chi connectivity index (χ0n) is 20.3. The zero-order valence-corrected chi connectivity index (χ0v) is 22.1. The number of benzene rings is 1. The zero-order chi connectivity index (χ0) is 25.2. The summed E-state index contributed by atoms with van der Waals surface area (Å²) in [6, 6.07) is 9.70. The van der Waals surface area contributed by atoms with Crippen LogP contribution in [0.25, 0.3) is 10.4 Å². The smallest absolute Gasteiger partial charge is 0.238 e. The molecule has 1 aliphatic rings. The first-order valence-corrected chi connectivity index (χ1v) is 16.1. The summed E-state index contributed by atoms with van der Waals surface area (Å²) in [4.78, 5) is 21.4. The molecule has 3 aromatic rings. The highest BCUT2D eigenvalue weighted by molar-refractivity contribution is 7.17. The Bertz CT molecular complexity index is 1300. The Hall–Kier alpha value is -3.06. The molecule has 3 heterocycles. The van der Waals surface area contributed by atoms with Crippen molar-refractivity contribution in [2.45, 2.75) is 38.8 Å². The molecule has 6 nitrogen and oxygen atoms in total. The molecule has 0 N–H and O–H groups in total. The van der Waals surface area contributed by atoms with E-state index in [4.69, 9.17) is 4.74 Å². The predicted octanol–water partition coefficient (Wildman–Crippen LogP) is 5.71. The maximum atomic E-state index is 14.1. The largest absolute Gasteiger partial charge is 0.367 e. The second-order valence-electron chi connectivity index (χ2n) is 9.82. The van der Waals surface area contributed by atoms with Gasteiger partial charge in [-0.3, -0.25) is 4.79 Å². The molecule has 0 saturated heterocycles. The van der Waals surface area contributed by atoms with Gasteiger partial charge in [0.15, 0.2) is 11.5 Å². The van der Waals surface area contributed by atoms with Crippen LogP contribution in [0.4, 0.5) is 10.1 Å². The number of carbonyl (C=O) groups is 1. The Labute approximate surface area is 210 Å². The third-order valence-corrected chi connectivity index (χ3v) is 8.81. The number of nitrogens with zero attached hydrogens (tertiary/aromatic N) is 4. The second kappa shape index (κ2) is 10.3. The summed E-state index contributed by atoms with van der Waals surface area (Å²) in [6.45, 7) is 12.7. The lowest BCUT2D eigenvalue weighted by Gasteiger charge is -2.23. The molecule has 0 saturated carbocycles. The number of hydrogen-bond acceptors (Lipinski definition) is 6. The molecule has 4 rings (SSSR count). The van der Waals surface area contributed by atoms with Crippen LogP contribution in [0, 0.1) is 17.1 Å². The summed E-state index contributed by atoms with van der Waals surface area (Å²) in [5.41, 5.74) is 2.93. The van der Waals surface area contributed by atoms with Gasteiger partial charge in [-0.15, -0.1) is 17.9 Å². The van der Waals surface area contributed by atoms with Gasteiger partial charge in [-0.05, 0) is 42.3 Å². The molecule has 0 bridgehead atoms. The van der Waals surface area contributed by atoms with Crippen molar-refractivity contribution in [3.05, 3.63) is 70.9 Å². The van der Waals surface area contributed by atoms with Crippen LogP contribution >= 0.6 is 11.3 Å². The fraction of sp³-hybridized carbons (Fsp3) is 0.346. The maximum absolute atomic E-state index is 14.1. The van der Waals surface area contributed by atoms with E-state index in [0.29, 0.717) is 24.6 Å². The van der Waals surface area contributed by atoms with Gasteiger partial charge in [0, 0.05) is 50.1 Å². The Morgan fingerprint density at radius 2 is 2.17 bits per heavy atom. The van der Waals surface area contributed by atoms with Gasteiger partial charge in [-0.25, -0.2) is 9.37 Å². The lowest BCUT2D eigenvalue weighted by atomic mass is 10.1. The summed E-state index contributed by atoms with van der Waals surface area (Å²) in [6.07, 6.45) is 4.09. The monoisotopic (exact) mass is 508 g/mol. The highest BCUT2D eigenvalue weighted by Crippen LogP contribution is 2.42. The van der Waals surface area contributed by atoms with Gasteiger partial charge in [0.25, 0.3) is 0 Å². The third kappa shape index (κ3) is 5.61. The average Bonchev–Trinajstić information content (AvgIpc) is 3.39. The minimum Gasteiger partial charge on any atom is -0.367 e. The van der Waals surface area contributed by atoms with E-state index < -0.39 is 8.07 Å². The topological polar surface area (TPSA) is 71.2 Å². The number of halogens is 1. The molecule has 0 amide bonds. The Kier molecular flexibility index (Phi) is 7.35. The Balaban J connectivity index is 1.64. The normalized spacial score (nSPS) is 13.1. The quantitative estimate of drug-likeness (QED) is 0.160. The number of imidazole rings is 1. The van der Waals surface area contributed by atoms with E-state index in [1.54, 1.807) is 29.0 Å². The van der Waals surface area contributed by atoms with Gasteiger partial charge in [-0.2, -0.15) is 5.26 Å². The molecule has 182 valence electrons. The van der Waals surface area contributed by atoms with Crippen LogP contribution in [0.1, 0.15) is 26.8 Å². The number of thiophene rings is 1. The fourth-order valence-electron chi connectivity index (χ4n) is 4.03. The molecule has 0 fully saturated rings. The van der Waals surface area contributed by atoms with Gasteiger partial charge in [0.05, 0.1) is 4.88 Å². The van der Waals surface area contributed by atoms with Crippen LogP contribution in [0.5, 0.6) is 0 Å². The van der Waals surface area contributed by atoms with Gasteiger partial charge >= 0.3 is 0 Å². The van der Waals surface area contributed by atoms with Crippen molar-refractivity contribution < 1.29 is 13.9 Å². The molecule has 0 atom stereocenters. The second-order valence-corrected chi connectivity index (χ2v) is 16.5. The first-order valence-electron chi connectivity index (χ1n) is 11.6. The average molecular weight is 509 g/mol. The number of anilines is 1. The lowest BCUT2D eigenvalue weighted by Crippen LogP contribution is -2.25. The van der Waals surface area contributed by atoms with E-state index in [9.17, 15) is 14.4 Å². The predicted molar refractivity (Wildman–Crippen MR) is 140 cm³/mol. The fourth-order valence-corrected chi connectivity index (χ4v) is 5.97. The van der Waals surface area contributed by atoms with E-state index in [0.717, 1.165) is 34.2 Å². The maximum Gasteiger partial charge on any atom is 0.238 e. The molecule has 2 aromatic heterocycles. The summed E-state index contributed by atoms with van der Waals surface area (Å²) in [7, 11) is -1.24. The first kappa shape index (κ1) is 25.0. The van der Waals surface area contributed by atoms with Crippen molar-refractivity contribution in [1.82, 2.24) is 9.55 Å². The number of rotatable bonds is 9. The standard InChI is InChI=1S/C26H29FN4O2SSi/c1-5-9-30-10-8-18-13-23(34-25(18)21-7-6-19(27)14-22(21)30)24(32)26-29-20(15-28)16-31(26)17-33-11-12-35(2,3)4/h5-7,13-14,16H,1,8-12,17H2,2-4H3. The Morgan fingerprint density at radius 3 is 2.89 bits per heavy atom. The van der Waals surface area contributed by atoms with E-state index >= 15 is 0 Å². The van der Waals surface area contributed by atoms with Crippen molar-refractivity contribution in [2.24, 2.45) is 0 Å². The lowest BCUT2D eigenvalue weighted by molar-refractivity contribution is 0.0813. The molecular weight excluding hydrogens is 479 g/mol. The number of aromatic nitrogens is 2. The SMILES string of the molecule is C=CCN1CCc2cc(C(=O)c3nc(C#N)cn3COCC[Si](C)(C)C)sc2-c2ccc(F)cc21. The van der Waals surface area contributed by atoms with Gasteiger partial charge < -0.3 is 14.2 Å². The molecule has 9 heteroatoms. The van der Waals surface area contributed by atoms with Crippen LogP contribution in [0.15, 0.2) is 43.1 Å². The van der Waals surface area contributed by atoms with Gasteiger partial charge in [0.1, 0.15) is 18.6 Å². The van der Waals surface area contributed by atoms with E-state index in [-0.39, 0.29) is 29.8 Å². The number of hydrogen-bond donors (Lipinski definition) is 0. The Morgan fingerprint density at radius 1 is 1.37 bits per heavy atom. The summed E-state index contributed by atoms with van der Waals surface area (Å²) < 4.78 is 21.5. The van der Waals surface area contributed by atoms with Crippen molar-refractivity contribution in [1.29, 1.82) is 5.26 Å². The molecule has 35 heavy (non-hydrogen) atoms. The number of fused-ring (bicyclic) bond motifs is 3. The minimum absolute atomic E-state index is 0.171. The van der Waals surface area contributed by atoms with Crippen molar-refractivity contribution in [3.8, 4) is 16.5 Å². The number of carbonyl (C=O) groups excluding carboxylic acids is 1. The summed E-state index contributed by atoms with van der Waals surface area (Å²) >= 11 is 1.38. The van der Waals surface area contributed by atoms with E-state index in [1.807, 2.05) is 12.1 Å². The van der Waals surface area contributed by atoms with Gasteiger partial charge in [-0.1, -0.05) is 25.7 Å². The van der Waals surface area contributed by atoms with E-state index in [1.165, 1.54) is 17.4 Å². The highest BCUT2D eigenvalue weighted by atomic mass is 32.1. The molecule has 0 unspecified atom stereocenters. The van der Waals surface area contributed by atoms with E-state index in [2.05, 4.69) is 36.1 Å². The number of nitriles is 1. The van der Waals surface area contributed by atoms with Crippen molar-refractivity contribution in [3.63, 3.8) is 0 Å². The summed E-state index contributed by atoms with van der Waals surface area (Å²) in [5, 5.41) is 9.36. The molecule has 0 aliphatic carbocycles.